The molecule has 1 aliphatic heterocycles. The lowest BCUT2D eigenvalue weighted by Gasteiger charge is -2.32. The number of aromatic nitrogens is 3. The first-order valence-corrected chi connectivity index (χ1v) is 10.2. The summed E-state index contributed by atoms with van der Waals surface area (Å²) >= 11 is 0. The minimum Gasteiger partial charge on any atom is -0.381 e. The van der Waals surface area contributed by atoms with E-state index in [4.69, 9.17) is 14.2 Å². The Hall–Kier alpha value is -2.92. The second-order valence-electron chi connectivity index (χ2n) is 7.86. The van der Waals surface area contributed by atoms with E-state index in [1.807, 2.05) is 20.2 Å². The third-order valence-corrected chi connectivity index (χ3v) is 6.05. The number of hydrogen-bond donors (Lipinski definition) is 0. The molecule has 5 heteroatoms. The quantitative estimate of drug-likeness (QED) is 0.475. The third-order valence-electron chi connectivity index (χ3n) is 6.05. The number of benzene rings is 2. The van der Waals surface area contributed by atoms with Crippen molar-refractivity contribution < 1.29 is 9.26 Å². The monoisotopic (exact) mass is 387 g/mol. The molecule has 148 valence electrons. The van der Waals surface area contributed by atoms with Crippen molar-refractivity contribution in [3.63, 3.8) is 0 Å². The molecule has 1 atom stereocenters. The van der Waals surface area contributed by atoms with Crippen molar-refractivity contribution in [3.8, 4) is 11.1 Å². The van der Waals surface area contributed by atoms with Crippen molar-refractivity contribution in [2.45, 2.75) is 32.7 Å². The molecule has 3 heterocycles. The summed E-state index contributed by atoms with van der Waals surface area (Å²) in [6.45, 7) is 5.60. The maximum absolute atomic E-state index is 5.64. The van der Waals surface area contributed by atoms with Gasteiger partial charge in [-0.05, 0) is 55.9 Å². The average molecular weight is 387 g/mol. The first-order chi connectivity index (χ1) is 14.2. The number of fused-ring (bicyclic) bond motifs is 1. The van der Waals surface area contributed by atoms with Crippen LogP contribution in [0.5, 0.6) is 0 Å². The van der Waals surface area contributed by atoms with Gasteiger partial charge in [0, 0.05) is 18.8 Å². The molecule has 1 aliphatic rings. The van der Waals surface area contributed by atoms with Gasteiger partial charge in [0.1, 0.15) is 5.76 Å². The van der Waals surface area contributed by atoms with Crippen molar-refractivity contribution >= 4 is 11.0 Å². The number of nitrogens with zero attached hydrogens (tertiary/aromatic N) is 3. The highest BCUT2D eigenvalue weighted by Gasteiger charge is 2.28. The predicted molar refractivity (Wildman–Crippen MR) is 113 cm³/mol. The first-order valence-electron chi connectivity index (χ1n) is 10.2. The van der Waals surface area contributed by atoms with Gasteiger partial charge in [-0.2, -0.15) is 0 Å². The summed E-state index contributed by atoms with van der Waals surface area (Å²) in [7, 11) is 0. The van der Waals surface area contributed by atoms with E-state index in [1.165, 1.54) is 5.56 Å². The summed E-state index contributed by atoms with van der Waals surface area (Å²) in [5.74, 6) is 1.36. The zero-order valence-corrected chi connectivity index (χ0v) is 16.8. The Morgan fingerprint density at radius 3 is 2.55 bits per heavy atom. The minimum absolute atomic E-state index is 0.241. The van der Waals surface area contributed by atoms with E-state index in [9.17, 15) is 0 Å². The smallest absolute Gasteiger partial charge is 0.141 e. The van der Waals surface area contributed by atoms with Crippen molar-refractivity contribution in [1.82, 2.24) is 14.7 Å². The van der Waals surface area contributed by atoms with Gasteiger partial charge >= 0.3 is 0 Å². The molecule has 1 fully saturated rings. The maximum atomic E-state index is 5.64. The Balaban J connectivity index is 1.66. The second-order valence-corrected chi connectivity index (χ2v) is 7.86. The molecule has 29 heavy (non-hydrogen) atoms. The Bertz CT molecular complexity index is 1100. The van der Waals surface area contributed by atoms with Gasteiger partial charge in [-0.25, -0.2) is 4.98 Å². The molecule has 0 amide bonds. The maximum Gasteiger partial charge on any atom is 0.141 e. The van der Waals surface area contributed by atoms with Crippen LogP contribution in [0, 0.1) is 19.8 Å². The van der Waals surface area contributed by atoms with Crippen LogP contribution in [0.3, 0.4) is 0 Å². The normalized spacial score (nSPS) is 16.3. The Morgan fingerprint density at radius 2 is 1.83 bits per heavy atom. The number of ether oxygens (including phenoxy) is 1. The lowest BCUT2D eigenvalue weighted by atomic mass is 9.86. The van der Waals surface area contributed by atoms with Gasteiger partial charge in [0.2, 0.25) is 0 Å². The highest BCUT2D eigenvalue weighted by atomic mass is 16.5. The molecule has 4 aromatic rings. The fourth-order valence-electron chi connectivity index (χ4n) is 4.64. The number of hydrogen-bond acceptors (Lipinski definition) is 4. The number of imidazole rings is 1. The molecule has 2 aromatic heterocycles. The van der Waals surface area contributed by atoms with Crippen LogP contribution in [0.2, 0.25) is 0 Å². The molecule has 2 aromatic carbocycles. The van der Waals surface area contributed by atoms with Crippen molar-refractivity contribution in [2.75, 3.05) is 13.2 Å². The molecule has 0 aliphatic carbocycles. The van der Waals surface area contributed by atoms with Crippen LogP contribution < -0.4 is 0 Å². The van der Waals surface area contributed by atoms with Crippen LogP contribution in [0.4, 0.5) is 0 Å². The standard InChI is InChI=1S/C24H25N3O2/c1-16-23(17(2)29-26-16)20-8-9-21-22(14-20)27(15-25-21)24(18-6-4-3-5-7-18)19-10-12-28-13-11-19/h3-9,14-15,19,24H,10-13H2,1-2H3/t24-/m0/s1. The van der Waals surface area contributed by atoms with E-state index in [1.54, 1.807) is 0 Å². The SMILES string of the molecule is Cc1noc(C)c1-c1ccc2ncn([C@@H](c3ccccc3)C3CCOCC3)c2c1. The average Bonchev–Trinajstić information content (AvgIpc) is 3.32. The highest BCUT2D eigenvalue weighted by molar-refractivity contribution is 5.83. The lowest BCUT2D eigenvalue weighted by molar-refractivity contribution is 0.0547. The summed E-state index contributed by atoms with van der Waals surface area (Å²) in [6.07, 6.45) is 4.11. The summed E-state index contributed by atoms with van der Waals surface area (Å²) in [5, 5.41) is 4.13. The van der Waals surface area contributed by atoms with E-state index in [0.29, 0.717) is 5.92 Å². The largest absolute Gasteiger partial charge is 0.381 e. The second kappa shape index (κ2) is 7.48. The van der Waals surface area contributed by atoms with E-state index in [2.05, 4.69) is 58.3 Å². The summed E-state index contributed by atoms with van der Waals surface area (Å²) in [5.41, 5.74) is 6.58. The van der Waals surface area contributed by atoms with Crippen molar-refractivity contribution in [3.05, 3.63) is 71.9 Å². The van der Waals surface area contributed by atoms with Crippen molar-refractivity contribution in [1.29, 1.82) is 0 Å². The molecule has 5 nitrogen and oxygen atoms in total. The molecule has 0 radical (unpaired) electrons. The molecule has 5 rings (SSSR count). The molecular formula is C24H25N3O2. The molecular weight excluding hydrogens is 362 g/mol. The van der Waals surface area contributed by atoms with Crippen LogP contribution in [-0.4, -0.2) is 27.9 Å². The van der Waals surface area contributed by atoms with E-state index in [-0.39, 0.29) is 6.04 Å². The van der Waals surface area contributed by atoms with Gasteiger partial charge in [0.25, 0.3) is 0 Å². The molecule has 0 N–H and O–H groups in total. The van der Waals surface area contributed by atoms with E-state index >= 15 is 0 Å². The molecule has 1 saturated heterocycles. The Labute approximate surface area is 170 Å². The van der Waals surface area contributed by atoms with Crippen LogP contribution >= 0.6 is 0 Å². The molecule has 0 spiro atoms. The summed E-state index contributed by atoms with van der Waals surface area (Å²) < 4.78 is 13.4. The van der Waals surface area contributed by atoms with Crippen LogP contribution in [0.25, 0.3) is 22.2 Å². The molecule has 0 unspecified atom stereocenters. The van der Waals surface area contributed by atoms with Gasteiger partial charge in [-0.1, -0.05) is 41.6 Å². The summed E-state index contributed by atoms with van der Waals surface area (Å²) in [6, 6.07) is 17.4. The zero-order valence-electron chi connectivity index (χ0n) is 16.8. The Morgan fingerprint density at radius 1 is 1.03 bits per heavy atom. The van der Waals surface area contributed by atoms with Gasteiger partial charge in [-0.3, -0.25) is 0 Å². The van der Waals surface area contributed by atoms with Crippen LogP contribution in [-0.2, 0) is 4.74 Å². The van der Waals surface area contributed by atoms with Crippen molar-refractivity contribution in [2.24, 2.45) is 5.92 Å². The van der Waals surface area contributed by atoms with E-state index in [0.717, 1.165) is 59.7 Å². The number of rotatable bonds is 4. The Kier molecular flexibility index (Phi) is 4.68. The number of aryl methyl sites for hydroxylation is 2. The van der Waals surface area contributed by atoms with Gasteiger partial charge in [0.05, 0.1) is 29.1 Å². The van der Waals surface area contributed by atoms with Crippen LogP contribution in [0.1, 0.15) is 35.9 Å². The van der Waals surface area contributed by atoms with E-state index < -0.39 is 0 Å². The molecule has 0 bridgehead atoms. The predicted octanol–water partition coefficient (Wildman–Crippen LogP) is 5.32. The first kappa shape index (κ1) is 18.1. The topological polar surface area (TPSA) is 53.1 Å². The third kappa shape index (κ3) is 3.25. The minimum atomic E-state index is 0.241. The van der Waals surface area contributed by atoms with Gasteiger partial charge in [-0.15, -0.1) is 0 Å². The molecule has 0 saturated carbocycles. The lowest BCUT2D eigenvalue weighted by Crippen LogP contribution is -2.26. The van der Waals surface area contributed by atoms with Gasteiger partial charge < -0.3 is 13.8 Å². The zero-order chi connectivity index (χ0) is 19.8. The van der Waals surface area contributed by atoms with Gasteiger partial charge in [0.15, 0.2) is 0 Å². The fraction of sp³-hybridized carbons (Fsp3) is 0.333. The summed E-state index contributed by atoms with van der Waals surface area (Å²) in [4.78, 5) is 4.72. The highest BCUT2D eigenvalue weighted by Crippen LogP contribution is 2.37. The fourth-order valence-corrected chi connectivity index (χ4v) is 4.64. The van der Waals surface area contributed by atoms with Crippen LogP contribution in [0.15, 0.2) is 59.4 Å².